The summed E-state index contributed by atoms with van der Waals surface area (Å²) in [7, 11) is 0. The lowest BCUT2D eigenvalue weighted by Gasteiger charge is -2.35. The van der Waals surface area contributed by atoms with Crippen molar-refractivity contribution in [2.24, 2.45) is 5.92 Å². The molecule has 1 aliphatic rings. The molecule has 0 saturated heterocycles. The molecular formula is C25H24N2. The van der Waals surface area contributed by atoms with Gasteiger partial charge in [0, 0.05) is 28.3 Å². The number of nitrogens with zero attached hydrogens (tertiary/aromatic N) is 2. The van der Waals surface area contributed by atoms with E-state index >= 15 is 0 Å². The fourth-order valence-corrected chi connectivity index (χ4v) is 4.70. The molecule has 2 heterocycles. The van der Waals surface area contributed by atoms with Crippen LogP contribution in [0.2, 0.25) is 0 Å². The lowest BCUT2D eigenvalue weighted by Crippen LogP contribution is -2.26. The van der Waals surface area contributed by atoms with E-state index < -0.39 is 0 Å². The summed E-state index contributed by atoms with van der Waals surface area (Å²) in [4.78, 5) is 9.99. The molecule has 134 valence electrons. The van der Waals surface area contributed by atoms with Gasteiger partial charge in [0.15, 0.2) is 0 Å². The molecule has 1 aliphatic carbocycles. The van der Waals surface area contributed by atoms with Crippen LogP contribution < -0.4 is 0 Å². The molecular weight excluding hydrogens is 328 g/mol. The fraction of sp³-hybridized carbons (Fsp3) is 0.280. The number of pyridine rings is 2. The van der Waals surface area contributed by atoms with Crippen molar-refractivity contribution in [1.82, 2.24) is 9.97 Å². The standard InChI is InChI=1S/C25H24N2/c1-15(2)13-18-14-17-11-12-26-23-20-10-9-16-7-5-6-8-19(16)22(20)25(3,4)24(27-18)21(17)23/h5-12,14-15H,13H2,1-4H3. The van der Waals surface area contributed by atoms with Crippen molar-refractivity contribution in [1.29, 1.82) is 0 Å². The minimum atomic E-state index is -0.169. The van der Waals surface area contributed by atoms with Gasteiger partial charge in [0.1, 0.15) is 0 Å². The number of hydrogen-bond donors (Lipinski definition) is 0. The number of aromatic nitrogens is 2. The topological polar surface area (TPSA) is 25.8 Å². The van der Waals surface area contributed by atoms with Crippen molar-refractivity contribution in [3.05, 3.63) is 71.7 Å². The quantitative estimate of drug-likeness (QED) is 0.424. The Kier molecular flexibility index (Phi) is 3.42. The molecule has 2 aromatic carbocycles. The van der Waals surface area contributed by atoms with Gasteiger partial charge >= 0.3 is 0 Å². The van der Waals surface area contributed by atoms with Crippen LogP contribution in [0.4, 0.5) is 0 Å². The molecule has 4 aromatic rings. The molecule has 0 fully saturated rings. The zero-order valence-electron chi connectivity index (χ0n) is 16.4. The molecule has 0 amide bonds. The molecule has 0 atom stereocenters. The van der Waals surface area contributed by atoms with E-state index in [0.717, 1.165) is 12.1 Å². The fourth-order valence-electron chi connectivity index (χ4n) is 4.70. The summed E-state index contributed by atoms with van der Waals surface area (Å²) >= 11 is 0. The van der Waals surface area contributed by atoms with Gasteiger partial charge in [0.25, 0.3) is 0 Å². The summed E-state index contributed by atoms with van der Waals surface area (Å²) < 4.78 is 0. The zero-order valence-corrected chi connectivity index (χ0v) is 16.4. The van der Waals surface area contributed by atoms with Crippen molar-refractivity contribution in [3.8, 4) is 11.3 Å². The van der Waals surface area contributed by atoms with Crippen LogP contribution in [0.5, 0.6) is 0 Å². The van der Waals surface area contributed by atoms with Crippen molar-refractivity contribution in [2.45, 2.75) is 39.5 Å². The molecule has 0 spiro atoms. The average Bonchev–Trinajstić information content (AvgIpc) is 2.64. The van der Waals surface area contributed by atoms with Gasteiger partial charge in [-0.15, -0.1) is 0 Å². The Balaban J connectivity index is 1.93. The van der Waals surface area contributed by atoms with Crippen LogP contribution in [-0.4, -0.2) is 9.97 Å². The smallest absolute Gasteiger partial charge is 0.0802 e. The van der Waals surface area contributed by atoms with E-state index in [1.807, 2.05) is 6.20 Å². The third kappa shape index (κ3) is 2.32. The van der Waals surface area contributed by atoms with Crippen LogP contribution in [0.3, 0.4) is 0 Å². The van der Waals surface area contributed by atoms with E-state index in [9.17, 15) is 0 Å². The highest BCUT2D eigenvalue weighted by Gasteiger charge is 2.37. The maximum atomic E-state index is 5.19. The summed E-state index contributed by atoms with van der Waals surface area (Å²) in [6, 6.07) is 17.5. The van der Waals surface area contributed by atoms with E-state index in [0.29, 0.717) is 5.92 Å². The summed E-state index contributed by atoms with van der Waals surface area (Å²) in [6.45, 7) is 9.14. The molecule has 0 saturated carbocycles. The number of rotatable bonds is 2. The van der Waals surface area contributed by atoms with Crippen molar-refractivity contribution < 1.29 is 0 Å². The predicted octanol–water partition coefficient (Wildman–Crippen LogP) is 6.29. The van der Waals surface area contributed by atoms with Gasteiger partial charge in [-0.05, 0) is 46.2 Å². The van der Waals surface area contributed by atoms with Crippen molar-refractivity contribution >= 4 is 21.5 Å². The van der Waals surface area contributed by atoms with Crippen LogP contribution >= 0.6 is 0 Å². The normalized spacial score (nSPS) is 14.7. The van der Waals surface area contributed by atoms with Crippen LogP contribution in [0, 0.1) is 5.92 Å². The highest BCUT2D eigenvalue weighted by Crippen LogP contribution is 2.49. The maximum absolute atomic E-state index is 5.19. The zero-order chi connectivity index (χ0) is 18.8. The third-order valence-corrected chi connectivity index (χ3v) is 5.82. The molecule has 0 unspecified atom stereocenters. The Hall–Kier alpha value is -2.74. The van der Waals surface area contributed by atoms with Crippen LogP contribution in [0.1, 0.15) is 44.6 Å². The third-order valence-electron chi connectivity index (χ3n) is 5.82. The minimum absolute atomic E-state index is 0.169. The molecule has 0 bridgehead atoms. The van der Waals surface area contributed by atoms with Gasteiger partial charge in [-0.25, -0.2) is 0 Å². The molecule has 2 nitrogen and oxygen atoms in total. The van der Waals surface area contributed by atoms with Gasteiger partial charge in [-0.1, -0.05) is 64.1 Å². The van der Waals surface area contributed by atoms with E-state index in [1.165, 1.54) is 44.1 Å². The molecule has 2 heteroatoms. The van der Waals surface area contributed by atoms with E-state index in [-0.39, 0.29) is 5.41 Å². The van der Waals surface area contributed by atoms with E-state index in [1.54, 1.807) is 0 Å². The summed E-state index contributed by atoms with van der Waals surface area (Å²) in [5, 5.41) is 5.06. The summed E-state index contributed by atoms with van der Waals surface area (Å²) in [5.41, 5.74) is 5.85. The lowest BCUT2D eigenvalue weighted by atomic mass is 9.70. The minimum Gasteiger partial charge on any atom is -0.256 e. The average molecular weight is 352 g/mol. The maximum Gasteiger partial charge on any atom is 0.0802 e. The second kappa shape index (κ2) is 5.63. The number of benzene rings is 2. The lowest BCUT2D eigenvalue weighted by molar-refractivity contribution is 0.601. The van der Waals surface area contributed by atoms with Gasteiger partial charge in [-0.2, -0.15) is 0 Å². The molecule has 0 N–H and O–H groups in total. The Morgan fingerprint density at radius 1 is 0.963 bits per heavy atom. The Morgan fingerprint density at radius 2 is 1.78 bits per heavy atom. The number of fused-ring (bicyclic) bond motifs is 4. The largest absolute Gasteiger partial charge is 0.256 e. The van der Waals surface area contributed by atoms with Crippen molar-refractivity contribution in [3.63, 3.8) is 0 Å². The monoisotopic (exact) mass is 352 g/mol. The highest BCUT2D eigenvalue weighted by molar-refractivity contribution is 6.05. The first-order valence-electron chi connectivity index (χ1n) is 9.78. The molecule has 2 aromatic heterocycles. The Labute approximate surface area is 160 Å². The molecule has 0 radical (unpaired) electrons. The summed E-state index contributed by atoms with van der Waals surface area (Å²) in [6.07, 6.45) is 2.94. The van der Waals surface area contributed by atoms with Crippen LogP contribution in [0.15, 0.2) is 54.7 Å². The van der Waals surface area contributed by atoms with Crippen LogP contribution in [0.25, 0.3) is 32.8 Å². The second-order valence-corrected chi connectivity index (χ2v) is 8.65. The molecule has 5 rings (SSSR count). The van der Waals surface area contributed by atoms with Crippen molar-refractivity contribution in [2.75, 3.05) is 0 Å². The van der Waals surface area contributed by atoms with E-state index in [2.05, 4.69) is 76.2 Å². The Morgan fingerprint density at radius 3 is 2.59 bits per heavy atom. The highest BCUT2D eigenvalue weighted by atomic mass is 14.8. The first kappa shape index (κ1) is 16.4. The van der Waals surface area contributed by atoms with Gasteiger partial charge in [-0.3, -0.25) is 9.97 Å². The molecule has 0 aliphatic heterocycles. The number of hydrogen-bond acceptors (Lipinski definition) is 2. The first-order chi connectivity index (χ1) is 13.0. The van der Waals surface area contributed by atoms with Crippen LogP contribution in [-0.2, 0) is 11.8 Å². The van der Waals surface area contributed by atoms with Gasteiger partial charge in [0.2, 0.25) is 0 Å². The second-order valence-electron chi connectivity index (χ2n) is 8.65. The summed E-state index contributed by atoms with van der Waals surface area (Å²) in [5.74, 6) is 0.586. The Bertz CT molecular complexity index is 1200. The predicted molar refractivity (Wildman–Crippen MR) is 113 cm³/mol. The molecule has 27 heavy (non-hydrogen) atoms. The first-order valence-corrected chi connectivity index (χ1v) is 9.78. The SMILES string of the molecule is CC(C)Cc1cc2ccnc3c2c(n1)C(C)(C)c1c-3ccc2ccccc12. The van der Waals surface area contributed by atoms with Gasteiger partial charge in [0.05, 0.1) is 11.4 Å². The van der Waals surface area contributed by atoms with Gasteiger partial charge < -0.3 is 0 Å². The van der Waals surface area contributed by atoms with E-state index in [4.69, 9.17) is 9.97 Å².